The lowest BCUT2D eigenvalue weighted by Crippen LogP contribution is -1.98. The van der Waals surface area contributed by atoms with Crippen LogP contribution in [0.2, 0.25) is 0 Å². The van der Waals surface area contributed by atoms with Crippen molar-refractivity contribution in [1.29, 1.82) is 0 Å². The topological polar surface area (TPSA) is 43.4 Å². The number of ether oxygens (including phenoxy) is 1. The quantitative estimate of drug-likeness (QED) is 0.592. The highest BCUT2D eigenvalue weighted by Gasteiger charge is 2.32. The number of fused-ring (bicyclic) bond motifs is 1. The van der Waals surface area contributed by atoms with E-state index in [1.54, 1.807) is 12.1 Å². The second-order valence-electron chi connectivity index (χ2n) is 5.81. The van der Waals surface area contributed by atoms with Crippen LogP contribution in [-0.2, 0) is 9.53 Å². The fourth-order valence-corrected chi connectivity index (χ4v) is 2.98. The first-order valence-corrected chi connectivity index (χ1v) is 7.50. The normalized spacial score (nSPS) is 19.6. The first-order valence-electron chi connectivity index (χ1n) is 7.50. The molecular weight excluding hydrogens is 288 g/mol. The van der Waals surface area contributed by atoms with Crippen LogP contribution in [0.1, 0.15) is 33.5 Å². The molecule has 112 valence electrons. The summed E-state index contributed by atoms with van der Waals surface area (Å²) in [5.41, 5.74) is 4.85. The van der Waals surface area contributed by atoms with Gasteiger partial charge in [0.2, 0.25) is 0 Å². The van der Waals surface area contributed by atoms with Crippen LogP contribution in [-0.4, -0.2) is 11.8 Å². The minimum absolute atomic E-state index is 0.0138. The van der Waals surface area contributed by atoms with E-state index >= 15 is 0 Å². The van der Waals surface area contributed by atoms with E-state index in [9.17, 15) is 9.59 Å². The van der Waals surface area contributed by atoms with E-state index in [2.05, 4.69) is 0 Å². The van der Waals surface area contributed by atoms with E-state index in [0.29, 0.717) is 28.9 Å². The molecule has 0 bridgehead atoms. The van der Waals surface area contributed by atoms with Gasteiger partial charge in [-0.3, -0.25) is 4.79 Å². The van der Waals surface area contributed by atoms with Crippen LogP contribution in [0, 0.1) is 6.92 Å². The zero-order valence-corrected chi connectivity index (χ0v) is 12.6. The zero-order chi connectivity index (χ0) is 16.0. The van der Waals surface area contributed by atoms with Crippen LogP contribution in [0.4, 0.5) is 0 Å². The van der Waals surface area contributed by atoms with E-state index < -0.39 is 5.97 Å². The molecule has 3 nitrogen and oxygen atoms in total. The molecule has 0 aromatic heterocycles. The maximum absolute atomic E-state index is 12.4. The zero-order valence-electron chi connectivity index (χ0n) is 12.6. The Labute approximate surface area is 133 Å². The lowest BCUT2D eigenvalue weighted by atomic mass is 10.0. The molecule has 0 saturated carbocycles. The van der Waals surface area contributed by atoms with Gasteiger partial charge in [0.05, 0.1) is 11.1 Å². The lowest BCUT2D eigenvalue weighted by molar-refractivity contribution is -0.114. The highest BCUT2D eigenvalue weighted by Crippen LogP contribution is 2.38. The highest BCUT2D eigenvalue weighted by atomic mass is 16.5. The van der Waals surface area contributed by atoms with Crippen LogP contribution >= 0.6 is 0 Å². The third-order valence-electron chi connectivity index (χ3n) is 4.22. The summed E-state index contributed by atoms with van der Waals surface area (Å²) < 4.78 is 5.36. The number of carbonyl (C=O) groups excluding carboxylic acids is 2. The van der Waals surface area contributed by atoms with Gasteiger partial charge in [-0.2, -0.15) is 0 Å². The summed E-state index contributed by atoms with van der Waals surface area (Å²) in [4.78, 5) is 24.4. The van der Waals surface area contributed by atoms with E-state index in [4.69, 9.17) is 4.74 Å². The van der Waals surface area contributed by atoms with Crippen molar-refractivity contribution in [3.05, 3.63) is 82.4 Å². The Hall–Kier alpha value is -2.94. The molecule has 1 aliphatic carbocycles. The molecule has 0 radical (unpaired) electrons. The number of cyclic esters (lactones) is 1. The van der Waals surface area contributed by atoms with Gasteiger partial charge in [0.15, 0.2) is 5.78 Å². The maximum atomic E-state index is 12.4. The van der Waals surface area contributed by atoms with Crippen LogP contribution < -0.4 is 0 Å². The van der Waals surface area contributed by atoms with E-state index in [1.165, 1.54) is 5.56 Å². The van der Waals surface area contributed by atoms with Crippen molar-refractivity contribution >= 4 is 23.1 Å². The standard InChI is InChI=1S/C20H14O3/c1-12-6-8-13(9-7-12)14-10-17(18(21)11-14)19-15-4-2-3-5-16(15)20(22)23-19/h2-10H,11H2,1H3. The second kappa shape index (κ2) is 5.06. The molecule has 0 atom stereocenters. The van der Waals surface area contributed by atoms with Gasteiger partial charge in [0, 0.05) is 12.0 Å². The molecular formula is C20H14O3. The average molecular weight is 302 g/mol. The SMILES string of the molecule is Cc1ccc(C2=CC(=C3OC(=O)c4ccccc43)C(=O)C2)cc1. The van der Waals surface area contributed by atoms with Gasteiger partial charge in [-0.05, 0) is 30.2 Å². The molecule has 0 amide bonds. The Morgan fingerprint density at radius 2 is 1.61 bits per heavy atom. The van der Waals surface area contributed by atoms with Gasteiger partial charge in [0.25, 0.3) is 0 Å². The van der Waals surface area contributed by atoms with Crippen LogP contribution in [0.15, 0.2) is 60.2 Å². The molecule has 0 spiro atoms. The molecule has 1 aliphatic heterocycles. The summed E-state index contributed by atoms with van der Waals surface area (Å²) in [7, 11) is 0. The fourth-order valence-electron chi connectivity index (χ4n) is 2.98. The van der Waals surface area contributed by atoms with E-state index in [0.717, 1.165) is 11.1 Å². The number of hydrogen-bond acceptors (Lipinski definition) is 3. The van der Waals surface area contributed by atoms with E-state index in [-0.39, 0.29) is 5.78 Å². The molecule has 4 rings (SSSR count). The van der Waals surface area contributed by atoms with Crippen LogP contribution in [0.5, 0.6) is 0 Å². The van der Waals surface area contributed by atoms with Gasteiger partial charge in [-0.15, -0.1) is 0 Å². The highest BCUT2D eigenvalue weighted by molar-refractivity contribution is 6.17. The maximum Gasteiger partial charge on any atom is 0.344 e. The van der Waals surface area contributed by atoms with Gasteiger partial charge < -0.3 is 4.74 Å². The van der Waals surface area contributed by atoms with Crippen molar-refractivity contribution in [3.63, 3.8) is 0 Å². The minimum atomic E-state index is -0.395. The third-order valence-corrected chi connectivity index (χ3v) is 4.22. The predicted molar refractivity (Wildman–Crippen MR) is 87.6 cm³/mol. The number of rotatable bonds is 1. The number of carbonyl (C=O) groups is 2. The van der Waals surface area contributed by atoms with E-state index in [1.807, 2.05) is 49.4 Å². The van der Waals surface area contributed by atoms with Gasteiger partial charge in [0.1, 0.15) is 5.76 Å². The molecule has 23 heavy (non-hydrogen) atoms. The first-order chi connectivity index (χ1) is 11.1. The predicted octanol–water partition coefficient (Wildman–Crippen LogP) is 3.93. The average Bonchev–Trinajstić information content (AvgIpc) is 3.09. The van der Waals surface area contributed by atoms with Crippen molar-refractivity contribution in [3.8, 4) is 0 Å². The minimum Gasteiger partial charge on any atom is -0.421 e. The van der Waals surface area contributed by atoms with Gasteiger partial charge in [-0.25, -0.2) is 4.79 Å². The van der Waals surface area contributed by atoms with Crippen molar-refractivity contribution in [2.24, 2.45) is 0 Å². The Morgan fingerprint density at radius 3 is 2.35 bits per heavy atom. The second-order valence-corrected chi connectivity index (χ2v) is 5.81. The molecule has 2 aromatic carbocycles. The number of Topliss-reactive ketones (excluding diaryl/α,β-unsaturated/α-hetero) is 1. The molecule has 2 aliphatic rings. The lowest BCUT2D eigenvalue weighted by Gasteiger charge is -2.00. The van der Waals surface area contributed by atoms with Crippen molar-refractivity contribution in [2.75, 3.05) is 0 Å². The number of esters is 1. The van der Waals surface area contributed by atoms with Crippen molar-refractivity contribution in [1.82, 2.24) is 0 Å². The molecule has 0 fully saturated rings. The number of hydrogen-bond donors (Lipinski definition) is 0. The summed E-state index contributed by atoms with van der Waals surface area (Å²) >= 11 is 0. The van der Waals surface area contributed by atoms with Crippen LogP contribution in [0.25, 0.3) is 11.3 Å². The number of ketones is 1. The van der Waals surface area contributed by atoms with Crippen LogP contribution in [0.3, 0.4) is 0 Å². The molecule has 0 saturated heterocycles. The monoisotopic (exact) mass is 302 g/mol. The Bertz CT molecular complexity index is 899. The molecule has 1 heterocycles. The van der Waals surface area contributed by atoms with Crippen molar-refractivity contribution < 1.29 is 14.3 Å². The Balaban J connectivity index is 1.82. The Kier molecular flexibility index (Phi) is 3.01. The summed E-state index contributed by atoms with van der Waals surface area (Å²) in [5.74, 6) is -0.0223. The van der Waals surface area contributed by atoms with Gasteiger partial charge >= 0.3 is 5.97 Å². The largest absolute Gasteiger partial charge is 0.421 e. The summed E-state index contributed by atoms with van der Waals surface area (Å²) in [6.07, 6.45) is 2.18. The fraction of sp³-hybridized carbons (Fsp3) is 0.100. The summed E-state index contributed by atoms with van der Waals surface area (Å²) in [6, 6.07) is 15.2. The molecule has 2 aromatic rings. The Morgan fingerprint density at radius 1 is 0.913 bits per heavy atom. The number of aryl methyl sites for hydroxylation is 1. The molecule has 0 N–H and O–H groups in total. The third kappa shape index (κ3) is 2.21. The van der Waals surface area contributed by atoms with Gasteiger partial charge in [-0.1, -0.05) is 48.0 Å². The summed E-state index contributed by atoms with van der Waals surface area (Å²) in [6.45, 7) is 2.03. The molecule has 3 heteroatoms. The smallest absolute Gasteiger partial charge is 0.344 e. The molecule has 0 unspecified atom stereocenters. The van der Waals surface area contributed by atoms with Crippen molar-refractivity contribution in [2.45, 2.75) is 13.3 Å². The first kappa shape index (κ1) is 13.7. The summed E-state index contributed by atoms with van der Waals surface area (Å²) in [5, 5.41) is 0. The number of allylic oxidation sites excluding steroid dienone is 3. The number of benzene rings is 2.